The molecule has 108 valence electrons. The molecule has 1 aromatic carbocycles. The fourth-order valence-corrected chi connectivity index (χ4v) is 5.73. The number of nitrogens with zero attached hydrogens (tertiary/aromatic N) is 1. The summed E-state index contributed by atoms with van der Waals surface area (Å²) >= 11 is 7.99. The lowest BCUT2D eigenvalue weighted by atomic mass is 10.2. The fourth-order valence-electron chi connectivity index (χ4n) is 1.69. The van der Waals surface area contributed by atoms with Crippen molar-refractivity contribution < 1.29 is 8.42 Å². The van der Waals surface area contributed by atoms with E-state index in [1.165, 1.54) is 15.6 Å². The van der Waals surface area contributed by atoms with Gasteiger partial charge in [0.2, 0.25) is 0 Å². The van der Waals surface area contributed by atoms with Crippen molar-refractivity contribution >= 4 is 53.2 Å². The van der Waals surface area contributed by atoms with Gasteiger partial charge < -0.3 is 0 Å². The summed E-state index contributed by atoms with van der Waals surface area (Å²) in [6.45, 7) is 2.23. The molecule has 0 saturated carbocycles. The summed E-state index contributed by atoms with van der Waals surface area (Å²) in [4.78, 5) is 0. The SMILES string of the molecule is Cc1cc(S(=O)(=O)N(C)Cc2cccc(Br)c2)sc1Br. The van der Waals surface area contributed by atoms with Crippen molar-refractivity contribution in [3.8, 4) is 0 Å². The first-order chi connectivity index (χ1) is 9.30. The predicted molar refractivity (Wildman–Crippen MR) is 89.6 cm³/mol. The Hall–Kier alpha value is -0.210. The van der Waals surface area contributed by atoms with E-state index in [1.807, 2.05) is 31.2 Å². The van der Waals surface area contributed by atoms with Gasteiger partial charge in [0, 0.05) is 18.1 Å². The highest BCUT2D eigenvalue weighted by Gasteiger charge is 2.23. The summed E-state index contributed by atoms with van der Waals surface area (Å²) in [5.41, 5.74) is 1.88. The quantitative estimate of drug-likeness (QED) is 0.709. The molecule has 0 amide bonds. The lowest BCUT2D eigenvalue weighted by Crippen LogP contribution is -2.25. The second-order valence-electron chi connectivity index (χ2n) is 4.41. The Morgan fingerprint density at radius 3 is 2.50 bits per heavy atom. The summed E-state index contributed by atoms with van der Waals surface area (Å²) in [5.74, 6) is 0. The molecule has 0 spiro atoms. The second kappa shape index (κ2) is 6.27. The molecule has 0 atom stereocenters. The zero-order valence-electron chi connectivity index (χ0n) is 10.9. The number of rotatable bonds is 4. The molecule has 2 rings (SSSR count). The van der Waals surface area contributed by atoms with Crippen molar-refractivity contribution in [2.75, 3.05) is 7.05 Å². The van der Waals surface area contributed by atoms with Crippen LogP contribution in [0.3, 0.4) is 0 Å². The second-order valence-corrected chi connectivity index (χ2v) is 9.97. The van der Waals surface area contributed by atoms with E-state index in [2.05, 4.69) is 31.9 Å². The molecular formula is C13H13Br2NO2S2. The number of sulfonamides is 1. The molecule has 0 radical (unpaired) electrons. The largest absolute Gasteiger partial charge is 0.252 e. The molecule has 0 bridgehead atoms. The van der Waals surface area contributed by atoms with Gasteiger partial charge in [-0.25, -0.2) is 8.42 Å². The Morgan fingerprint density at radius 1 is 1.25 bits per heavy atom. The molecule has 1 aromatic heterocycles. The Bertz CT molecular complexity index is 706. The summed E-state index contributed by atoms with van der Waals surface area (Å²) in [7, 11) is -1.85. The third kappa shape index (κ3) is 3.51. The molecule has 0 unspecified atom stereocenters. The summed E-state index contributed by atoms with van der Waals surface area (Å²) in [6.07, 6.45) is 0. The first-order valence-corrected chi connectivity index (χ1v) is 9.61. The molecule has 0 fully saturated rings. The summed E-state index contributed by atoms with van der Waals surface area (Å²) in [5, 5.41) is 0. The minimum absolute atomic E-state index is 0.344. The van der Waals surface area contributed by atoms with E-state index in [0.717, 1.165) is 19.4 Å². The Kier molecular flexibility index (Phi) is 5.07. The van der Waals surface area contributed by atoms with Crippen LogP contribution in [0.2, 0.25) is 0 Å². The van der Waals surface area contributed by atoms with Gasteiger partial charge in [0.25, 0.3) is 10.0 Å². The third-order valence-corrected chi connectivity index (χ3v) is 7.68. The van der Waals surface area contributed by atoms with Crippen LogP contribution in [0, 0.1) is 6.92 Å². The van der Waals surface area contributed by atoms with Gasteiger partial charge in [-0.1, -0.05) is 28.1 Å². The van der Waals surface area contributed by atoms with Gasteiger partial charge in [0.1, 0.15) is 4.21 Å². The van der Waals surface area contributed by atoms with Crippen molar-refractivity contribution in [3.63, 3.8) is 0 Å². The number of benzene rings is 1. The standard InChI is InChI=1S/C13H13Br2NO2S2/c1-9-6-12(19-13(9)15)20(17,18)16(2)8-10-4-3-5-11(14)7-10/h3-7H,8H2,1-2H3. The van der Waals surface area contributed by atoms with Gasteiger partial charge in [-0.05, 0) is 52.2 Å². The molecule has 0 aliphatic rings. The average molecular weight is 439 g/mol. The Labute approximate surface area is 139 Å². The Morgan fingerprint density at radius 2 is 1.95 bits per heavy atom. The van der Waals surface area contributed by atoms with Crippen LogP contribution in [0.4, 0.5) is 0 Å². The number of hydrogen-bond donors (Lipinski definition) is 0. The molecule has 0 aliphatic carbocycles. The van der Waals surface area contributed by atoms with Crippen LogP contribution in [-0.4, -0.2) is 19.8 Å². The Balaban J connectivity index is 2.25. The normalized spacial score (nSPS) is 12.1. The van der Waals surface area contributed by atoms with Crippen LogP contribution in [0.15, 0.2) is 42.8 Å². The van der Waals surface area contributed by atoms with Crippen LogP contribution < -0.4 is 0 Å². The van der Waals surface area contributed by atoms with E-state index >= 15 is 0 Å². The van der Waals surface area contributed by atoms with Crippen molar-refractivity contribution in [2.24, 2.45) is 0 Å². The van der Waals surface area contributed by atoms with Crippen LogP contribution in [-0.2, 0) is 16.6 Å². The van der Waals surface area contributed by atoms with Gasteiger partial charge >= 0.3 is 0 Å². The van der Waals surface area contributed by atoms with E-state index in [0.29, 0.717) is 10.8 Å². The highest BCUT2D eigenvalue weighted by Crippen LogP contribution is 2.32. The molecule has 0 aliphatic heterocycles. The maximum atomic E-state index is 12.5. The highest BCUT2D eigenvalue weighted by molar-refractivity contribution is 9.11. The van der Waals surface area contributed by atoms with E-state index < -0.39 is 10.0 Å². The van der Waals surface area contributed by atoms with Crippen molar-refractivity contribution in [1.29, 1.82) is 0 Å². The third-order valence-electron chi connectivity index (χ3n) is 2.79. The molecule has 20 heavy (non-hydrogen) atoms. The van der Waals surface area contributed by atoms with Gasteiger partial charge in [0.05, 0.1) is 3.79 Å². The molecule has 0 saturated heterocycles. The molecule has 7 heteroatoms. The molecule has 3 nitrogen and oxygen atoms in total. The first-order valence-electron chi connectivity index (χ1n) is 5.77. The molecule has 0 N–H and O–H groups in total. The number of halogens is 2. The van der Waals surface area contributed by atoms with Gasteiger partial charge in [-0.15, -0.1) is 11.3 Å². The van der Waals surface area contributed by atoms with Crippen molar-refractivity contribution in [2.45, 2.75) is 17.7 Å². The molecule has 1 heterocycles. The van der Waals surface area contributed by atoms with Crippen LogP contribution in [0.5, 0.6) is 0 Å². The lowest BCUT2D eigenvalue weighted by Gasteiger charge is -2.16. The topological polar surface area (TPSA) is 37.4 Å². The number of thiophene rings is 1. The van der Waals surface area contributed by atoms with Gasteiger partial charge in [0.15, 0.2) is 0 Å². The van der Waals surface area contributed by atoms with Gasteiger partial charge in [-0.2, -0.15) is 4.31 Å². The van der Waals surface area contributed by atoms with Crippen LogP contribution in [0.25, 0.3) is 0 Å². The minimum Gasteiger partial charge on any atom is -0.206 e. The predicted octanol–water partition coefficient (Wildman–Crippen LogP) is 4.40. The highest BCUT2D eigenvalue weighted by atomic mass is 79.9. The van der Waals surface area contributed by atoms with E-state index in [4.69, 9.17) is 0 Å². The van der Waals surface area contributed by atoms with E-state index in [-0.39, 0.29) is 0 Å². The summed E-state index contributed by atoms with van der Waals surface area (Å²) in [6, 6.07) is 9.33. The monoisotopic (exact) mass is 437 g/mol. The maximum absolute atomic E-state index is 12.5. The average Bonchev–Trinajstić information content (AvgIpc) is 2.70. The first kappa shape index (κ1) is 16.2. The molecule has 2 aromatic rings. The van der Waals surface area contributed by atoms with Crippen molar-refractivity contribution in [3.05, 3.63) is 49.7 Å². The number of hydrogen-bond acceptors (Lipinski definition) is 3. The van der Waals surface area contributed by atoms with Crippen LogP contribution >= 0.6 is 43.2 Å². The minimum atomic E-state index is -3.45. The van der Waals surface area contributed by atoms with E-state index in [9.17, 15) is 8.42 Å². The van der Waals surface area contributed by atoms with Crippen LogP contribution in [0.1, 0.15) is 11.1 Å². The molecular weight excluding hydrogens is 426 g/mol. The zero-order valence-corrected chi connectivity index (χ0v) is 15.7. The van der Waals surface area contributed by atoms with Gasteiger partial charge in [-0.3, -0.25) is 0 Å². The summed E-state index contributed by atoms with van der Waals surface area (Å²) < 4.78 is 28.5. The van der Waals surface area contributed by atoms with E-state index in [1.54, 1.807) is 13.1 Å². The fraction of sp³-hybridized carbons (Fsp3) is 0.231. The zero-order chi connectivity index (χ0) is 14.9. The van der Waals surface area contributed by atoms with Crippen molar-refractivity contribution in [1.82, 2.24) is 4.31 Å². The smallest absolute Gasteiger partial charge is 0.206 e. The number of aryl methyl sites for hydroxylation is 1. The lowest BCUT2D eigenvalue weighted by molar-refractivity contribution is 0.468. The maximum Gasteiger partial charge on any atom is 0.252 e.